The Morgan fingerprint density at radius 1 is 1.12 bits per heavy atom. The molecule has 0 saturated carbocycles. The third kappa shape index (κ3) is 5.26. The third-order valence-electron chi connectivity index (χ3n) is 1.99. The van der Waals surface area contributed by atoms with Gasteiger partial charge in [-0.2, -0.15) is 0 Å². The zero-order valence-corrected chi connectivity index (χ0v) is 8.89. The van der Waals surface area contributed by atoms with Gasteiger partial charge in [-0.25, -0.2) is 0 Å². The van der Waals surface area contributed by atoms with Crippen molar-refractivity contribution in [3.8, 4) is 0 Å². The van der Waals surface area contributed by atoms with Gasteiger partial charge in [0.05, 0.1) is 13.0 Å². The first-order chi connectivity index (χ1) is 7.68. The van der Waals surface area contributed by atoms with Gasteiger partial charge in [0, 0.05) is 6.42 Å². The molecule has 0 aromatic heterocycles. The molecular formula is C12H14O4. The molecule has 1 aromatic carbocycles. The highest BCUT2D eigenvalue weighted by atomic mass is 16.5. The van der Waals surface area contributed by atoms with Crippen molar-refractivity contribution >= 4 is 11.8 Å². The van der Waals surface area contributed by atoms with E-state index in [2.05, 4.69) is 0 Å². The molecule has 0 atom stereocenters. The summed E-state index contributed by atoms with van der Waals surface area (Å²) in [5.41, 5.74) is 0.994. The van der Waals surface area contributed by atoms with Gasteiger partial charge in [0.25, 0.3) is 0 Å². The van der Waals surface area contributed by atoms with Gasteiger partial charge in [0.15, 0.2) is 5.78 Å². The van der Waals surface area contributed by atoms with Crippen molar-refractivity contribution < 1.29 is 19.4 Å². The minimum absolute atomic E-state index is 0.0256. The third-order valence-corrected chi connectivity index (χ3v) is 1.99. The predicted octanol–water partition coefficient (Wildman–Crippen LogP) is 1.64. The van der Waals surface area contributed by atoms with Gasteiger partial charge in [-0.15, -0.1) is 0 Å². The number of hydrogen-bond acceptors (Lipinski definition) is 3. The molecule has 0 saturated heterocycles. The van der Waals surface area contributed by atoms with Gasteiger partial charge in [-0.05, 0) is 5.56 Å². The molecular weight excluding hydrogens is 208 g/mol. The number of ketones is 1. The van der Waals surface area contributed by atoms with E-state index in [0.717, 1.165) is 5.56 Å². The summed E-state index contributed by atoms with van der Waals surface area (Å²) in [6, 6.07) is 9.50. The van der Waals surface area contributed by atoms with Crippen LogP contribution in [-0.4, -0.2) is 23.5 Å². The number of hydrogen-bond donors (Lipinski definition) is 1. The Hall–Kier alpha value is -1.68. The standard InChI is InChI=1S/C12H14O4/c13-11(6-7-12(14)15)9-16-8-10-4-2-1-3-5-10/h1-5H,6-9H2,(H,14,15). The molecule has 0 aliphatic carbocycles. The maximum atomic E-state index is 11.1. The molecule has 4 nitrogen and oxygen atoms in total. The molecule has 0 bridgehead atoms. The molecule has 16 heavy (non-hydrogen) atoms. The number of carboxylic acid groups (broad SMARTS) is 1. The molecule has 4 heteroatoms. The van der Waals surface area contributed by atoms with E-state index in [0.29, 0.717) is 6.61 Å². The zero-order valence-electron chi connectivity index (χ0n) is 8.89. The predicted molar refractivity (Wildman–Crippen MR) is 58.0 cm³/mol. The van der Waals surface area contributed by atoms with E-state index in [4.69, 9.17) is 9.84 Å². The number of rotatable bonds is 7. The number of aliphatic carboxylic acids is 1. The minimum Gasteiger partial charge on any atom is -0.481 e. The second-order valence-electron chi connectivity index (χ2n) is 3.41. The highest BCUT2D eigenvalue weighted by Crippen LogP contribution is 2.01. The van der Waals surface area contributed by atoms with E-state index in [1.165, 1.54) is 0 Å². The first-order valence-corrected chi connectivity index (χ1v) is 5.03. The first kappa shape index (κ1) is 12.4. The summed E-state index contributed by atoms with van der Waals surface area (Å²) in [7, 11) is 0. The molecule has 1 aromatic rings. The first-order valence-electron chi connectivity index (χ1n) is 5.03. The Morgan fingerprint density at radius 2 is 1.81 bits per heavy atom. The summed E-state index contributed by atoms with van der Waals surface area (Å²) < 4.78 is 5.17. The highest BCUT2D eigenvalue weighted by molar-refractivity contribution is 5.83. The fraction of sp³-hybridized carbons (Fsp3) is 0.333. The van der Waals surface area contributed by atoms with Crippen LogP contribution < -0.4 is 0 Å². The number of carbonyl (C=O) groups is 2. The smallest absolute Gasteiger partial charge is 0.303 e. The number of carboxylic acids is 1. The van der Waals surface area contributed by atoms with Crippen LogP contribution in [0.3, 0.4) is 0 Å². The summed E-state index contributed by atoms with van der Waals surface area (Å²) in [6.45, 7) is 0.349. The summed E-state index contributed by atoms with van der Waals surface area (Å²) in [4.78, 5) is 21.4. The van der Waals surface area contributed by atoms with Crippen molar-refractivity contribution in [3.05, 3.63) is 35.9 Å². The van der Waals surface area contributed by atoms with Gasteiger partial charge in [-0.3, -0.25) is 9.59 Å². The van der Waals surface area contributed by atoms with Crippen LogP contribution in [0.1, 0.15) is 18.4 Å². The van der Waals surface area contributed by atoms with Crippen molar-refractivity contribution in [2.75, 3.05) is 6.61 Å². The lowest BCUT2D eigenvalue weighted by molar-refractivity contribution is -0.139. The molecule has 1 rings (SSSR count). The fourth-order valence-electron chi connectivity index (χ4n) is 1.18. The second kappa shape index (κ2) is 6.74. The topological polar surface area (TPSA) is 63.6 Å². The van der Waals surface area contributed by atoms with Crippen LogP contribution in [0.25, 0.3) is 0 Å². The van der Waals surface area contributed by atoms with Crippen molar-refractivity contribution in [1.29, 1.82) is 0 Å². The van der Waals surface area contributed by atoms with Crippen LogP contribution in [0, 0.1) is 0 Å². The molecule has 86 valence electrons. The molecule has 0 spiro atoms. The van der Waals surface area contributed by atoms with E-state index in [9.17, 15) is 9.59 Å². The van der Waals surface area contributed by atoms with Crippen molar-refractivity contribution in [2.45, 2.75) is 19.4 Å². The maximum absolute atomic E-state index is 11.1. The Kier molecular flexibility index (Phi) is 5.22. The lowest BCUT2D eigenvalue weighted by Crippen LogP contribution is -2.10. The van der Waals surface area contributed by atoms with Gasteiger partial charge in [-0.1, -0.05) is 30.3 Å². The van der Waals surface area contributed by atoms with Gasteiger partial charge in [0.2, 0.25) is 0 Å². The molecule has 0 radical (unpaired) electrons. The minimum atomic E-state index is -0.962. The van der Waals surface area contributed by atoms with Crippen LogP contribution in [0.15, 0.2) is 30.3 Å². The molecule has 0 aliphatic rings. The van der Waals surface area contributed by atoms with E-state index < -0.39 is 5.97 Å². The molecule has 0 aliphatic heterocycles. The van der Waals surface area contributed by atoms with Gasteiger partial charge < -0.3 is 9.84 Å². The normalized spacial score (nSPS) is 10.0. The monoisotopic (exact) mass is 222 g/mol. The van der Waals surface area contributed by atoms with Crippen molar-refractivity contribution in [1.82, 2.24) is 0 Å². The lowest BCUT2D eigenvalue weighted by atomic mass is 10.2. The molecule has 0 fully saturated rings. The Morgan fingerprint density at radius 3 is 2.44 bits per heavy atom. The molecule has 0 heterocycles. The van der Waals surface area contributed by atoms with Crippen LogP contribution in [-0.2, 0) is 20.9 Å². The quantitative estimate of drug-likeness (QED) is 0.761. The Balaban J connectivity index is 2.16. The molecule has 0 unspecified atom stereocenters. The summed E-state index contributed by atoms with van der Waals surface area (Å²) in [5, 5.41) is 8.37. The van der Waals surface area contributed by atoms with E-state index in [1.807, 2.05) is 30.3 Å². The average molecular weight is 222 g/mol. The van der Waals surface area contributed by atoms with Crippen LogP contribution in [0.4, 0.5) is 0 Å². The largest absolute Gasteiger partial charge is 0.481 e. The van der Waals surface area contributed by atoms with Crippen molar-refractivity contribution in [3.63, 3.8) is 0 Å². The van der Waals surface area contributed by atoms with E-state index in [-0.39, 0.29) is 25.2 Å². The zero-order chi connectivity index (χ0) is 11.8. The van der Waals surface area contributed by atoms with E-state index >= 15 is 0 Å². The molecule has 0 amide bonds. The maximum Gasteiger partial charge on any atom is 0.303 e. The summed E-state index contributed by atoms with van der Waals surface area (Å²) in [6.07, 6.45) is -0.0996. The summed E-state index contributed by atoms with van der Waals surface area (Å²) >= 11 is 0. The number of ether oxygens (including phenoxy) is 1. The number of carbonyl (C=O) groups excluding carboxylic acids is 1. The van der Waals surface area contributed by atoms with Gasteiger partial charge in [0.1, 0.15) is 6.61 Å². The lowest BCUT2D eigenvalue weighted by Gasteiger charge is -2.02. The second-order valence-corrected chi connectivity index (χ2v) is 3.41. The van der Waals surface area contributed by atoms with Crippen LogP contribution in [0.5, 0.6) is 0 Å². The van der Waals surface area contributed by atoms with Crippen LogP contribution >= 0.6 is 0 Å². The van der Waals surface area contributed by atoms with E-state index in [1.54, 1.807) is 0 Å². The number of Topliss-reactive ketones (excluding diaryl/α,β-unsaturated/α-hetero) is 1. The SMILES string of the molecule is O=C(O)CCC(=O)COCc1ccccc1. The molecule has 1 N–H and O–H groups in total. The highest BCUT2D eigenvalue weighted by Gasteiger charge is 2.05. The summed E-state index contributed by atoms with van der Waals surface area (Å²) in [5.74, 6) is -1.14. The van der Waals surface area contributed by atoms with Crippen molar-refractivity contribution in [2.24, 2.45) is 0 Å². The average Bonchev–Trinajstić information content (AvgIpc) is 2.28. The fourth-order valence-corrected chi connectivity index (χ4v) is 1.18. The Labute approximate surface area is 93.9 Å². The number of benzene rings is 1. The van der Waals surface area contributed by atoms with Gasteiger partial charge >= 0.3 is 5.97 Å². The van der Waals surface area contributed by atoms with Crippen LogP contribution in [0.2, 0.25) is 0 Å². The Bertz CT molecular complexity index is 345.